The van der Waals surface area contributed by atoms with Crippen LogP contribution in [-0.4, -0.2) is 34.5 Å². The van der Waals surface area contributed by atoms with E-state index in [0.717, 1.165) is 43.8 Å². The van der Waals surface area contributed by atoms with Crippen LogP contribution in [0.4, 0.5) is 4.39 Å². The van der Waals surface area contributed by atoms with Crippen LogP contribution in [-0.2, 0) is 6.54 Å². The number of nitrogens with one attached hydrogen (secondary N) is 1. The molecular weight excluding hydrogens is 401 g/mol. The summed E-state index contributed by atoms with van der Waals surface area (Å²) in [6, 6.07) is 24.6. The average molecular weight is 430 g/mol. The Kier molecular flexibility index (Phi) is 5.77. The molecule has 0 aromatic heterocycles. The highest BCUT2D eigenvalue weighted by molar-refractivity contribution is 6.03. The van der Waals surface area contributed by atoms with Crippen molar-refractivity contribution in [3.63, 3.8) is 0 Å². The summed E-state index contributed by atoms with van der Waals surface area (Å²) in [6.07, 6.45) is 2.21. The molecule has 1 saturated heterocycles. The monoisotopic (exact) mass is 429 g/mol. The summed E-state index contributed by atoms with van der Waals surface area (Å²) in [6.45, 7) is 2.73. The average Bonchev–Trinajstić information content (AvgIpc) is 2.82. The molecule has 2 N–H and O–H groups in total. The number of para-hydroxylation sites is 1. The molecule has 1 spiro atoms. The summed E-state index contributed by atoms with van der Waals surface area (Å²) in [5, 5.41) is 14.2. The number of likely N-dealkylation sites (tertiary alicyclic amines) is 1. The number of piperidine rings is 1. The Hall–Kier alpha value is -3.02. The van der Waals surface area contributed by atoms with Crippen LogP contribution in [0.5, 0.6) is 5.75 Å². The molecule has 2 heterocycles. The van der Waals surface area contributed by atoms with Crippen LogP contribution in [0.1, 0.15) is 42.0 Å². The predicted molar refractivity (Wildman–Crippen MR) is 125 cm³/mol. The van der Waals surface area contributed by atoms with Crippen molar-refractivity contribution in [2.75, 3.05) is 13.1 Å². The van der Waals surface area contributed by atoms with Crippen molar-refractivity contribution in [1.29, 1.82) is 0 Å². The molecule has 4 nitrogen and oxygen atoms in total. The molecule has 0 radical (unpaired) electrons. The zero-order chi connectivity index (χ0) is 22.0. The van der Waals surface area contributed by atoms with E-state index in [0.29, 0.717) is 12.0 Å². The molecule has 0 bridgehead atoms. The van der Waals surface area contributed by atoms with Gasteiger partial charge in [-0.05, 0) is 36.6 Å². The van der Waals surface area contributed by atoms with Crippen LogP contribution < -0.4 is 5.32 Å². The van der Waals surface area contributed by atoms with Crippen molar-refractivity contribution < 1.29 is 9.50 Å². The second-order valence-corrected chi connectivity index (χ2v) is 8.79. The molecule has 2 aliphatic rings. The molecule has 0 unspecified atom stereocenters. The molecule has 3 aromatic rings. The molecule has 1 atom stereocenters. The van der Waals surface area contributed by atoms with E-state index < -0.39 is 5.66 Å². The van der Waals surface area contributed by atoms with Crippen molar-refractivity contribution >= 4 is 5.71 Å². The molecule has 5 heteroatoms. The van der Waals surface area contributed by atoms with E-state index in [1.165, 1.54) is 11.6 Å². The Morgan fingerprint density at radius 3 is 2.38 bits per heavy atom. The lowest BCUT2D eigenvalue weighted by atomic mass is 9.87. The highest BCUT2D eigenvalue weighted by Crippen LogP contribution is 2.37. The number of phenols is 1. The molecule has 5 rings (SSSR count). The van der Waals surface area contributed by atoms with E-state index in [1.54, 1.807) is 12.1 Å². The Morgan fingerprint density at radius 1 is 0.938 bits per heavy atom. The van der Waals surface area contributed by atoms with Gasteiger partial charge in [-0.15, -0.1) is 0 Å². The van der Waals surface area contributed by atoms with E-state index in [1.807, 2.05) is 36.4 Å². The largest absolute Gasteiger partial charge is 0.507 e. The fourth-order valence-corrected chi connectivity index (χ4v) is 4.92. The normalized spacial score (nSPS) is 20.8. The molecule has 164 valence electrons. The zero-order valence-electron chi connectivity index (χ0n) is 18.0. The standard InChI is InChI=1S/C27H28FN3O/c28-23-12-6-4-10-21(23)24-18-25(22-11-5-7-13-26(22)32)30-27(29-24)14-16-31(17-15-27)19-20-8-2-1-3-9-20/h1-13,24,29,32H,14-19H2/t24-/m0/s1. The Morgan fingerprint density at radius 2 is 1.62 bits per heavy atom. The van der Waals surface area contributed by atoms with Gasteiger partial charge in [0.05, 0.1) is 0 Å². The van der Waals surface area contributed by atoms with Crippen LogP contribution in [0.3, 0.4) is 0 Å². The van der Waals surface area contributed by atoms with Gasteiger partial charge in [0.2, 0.25) is 0 Å². The van der Waals surface area contributed by atoms with Crippen molar-refractivity contribution in [2.24, 2.45) is 4.99 Å². The van der Waals surface area contributed by atoms with E-state index in [2.05, 4.69) is 34.5 Å². The number of benzene rings is 3. The number of nitrogens with zero attached hydrogens (tertiary/aromatic N) is 2. The van der Waals surface area contributed by atoms with Crippen LogP contribution >= 0.6 is 0 Å². The third kappa shape index (κ3) is 4.31. The lowest BCUT2D eigenvalue weighted by Crippen LogP contribution is -2.56. The van der Waals surface area contributed by atoms with Crippen molar-refractivity contribution in [3.05, 3.63) is 101 Å². The van der Waals surface area contributed by atoms with Crippen molar-refractivity contribution in [2.45, 2.75) is 37.5 Å². The van der Waals surface area contributed by atoms with E-state index >= 15 is 0 Å². The predicted octanol–water partition coefficient (Wildman–Crippen LogP) is 5.05. The number of aliphatic imine (C=N–C) groups is 1. The van der Waals surface area contributed by atoms with Gasteiger partial charge in [-0.25, -0.2) is 4.39 Å². The van der Waals surface area contributed by atoms with Gasteiger partial charge in [0.15, 0.2) is 0 Å². The molecule has 0 aliphatic carbocycles. The van der Waals surface area contributed by atoms with Gasteiger partial charge in [-0.3, -0.25) is 15.2 Å². The molecular formula is C27H28FN3O. The molecule has 32 heavy (non-hydrogen) atoms. The second kappa shape index (κ2) is 8.85. The third-order valence-electron chi connectivity index (χ3n) is 6.62. The van der Waals surface area contributed by atoms with Crippen LogP contribution in [0.25, 0.3) is 0 Å². The number of aromatic hydroxyl groups is 1. The van der Waals surface area contributed by atoms with Gasteiger partial charge in [0, 0.05) is 48.9 Å². The fourth-order valence-electron chi connectivity index (χ4n) is 4.92. The number of halogens is 1. The summed E-state index contributed by atoms with van der Waals surface area (Å²) in [5.41, 5.74) is 3.08. The number of hydrogen-bond donors (Lipinski definition) is 2. The first-order chi connectivity index (χ1) is 15.6. The number of phenolic OH excluding ortho intramolecular Hbond substituents is 1. The minimum atomic E-state index is -0.462. The molecule has 2 aliphatic heterocycles. The first-order valence-electron chi connectivity index (χ1n) is 11.3. The topological polar surface area (TPSA) is 47.9 Å². The van der Waals surface area contributed by atoms with Gasteiger partial charge < -0.3 is 5.11 Å². The minimum Gasteiger partial charge on any atom is -0.507 e. The van der Waals surface area contributed by atoms with Gasteiger partial charge in [-0.1, -0.05) is 60.7 Å². The molecule has 0 saturated carbocycles. The van der Waals surface area contributed by atoms with Crippen molar-refractivity contribution in [3.8, 4) is 5.75 Å². The van der Waals surface area contributed by atoms with Crippen molar-refractivity contribution in [1.82, 2.24) is 10.2 Å². The Balaban J connectivity index is 1.43. The van der Waals surface area contributed by atoms with Gasteiger partial charge in [0.25, 0.3) is 0 Å². The molecule has 1 fully saturated rings. The quantitative estimate of drug-likeness (QED) is 0.610. The van der Waals surface area contributed by atoms with E-state index in [9.17, 15) is 9.50 Å². The third-order valence-corrected chi connectivity index (χ3v) is 6.62. The van der Waals surface area contributed by atoms with Crippen LogP contribution in [0, 0.1) is 5.82 Å². The van der Waals surface area contributed by atoms with Crippen LogP contribution in [0.15, 0.2) is 83.9 Å². The highest BCUT2D eigenvalue weighted by Gasteiger charge is 2.40. The summed E-state index contributed by atoms with van der Waals surface area (Å²) < 4.78 is 14.7. The number of hydrogen-bond acceptors (Lipinski definition) is 4. The van der Waals surface area contributed by atoms with Gasteiger partial charge in [-0.2, -0.15) is 0 Å². The SMILES string of the molecule is Oc1ccccc1C1=NC2(CCN(Cc3ccccc3)CC2)N[C@H](c2ccccc2F)C1. The number of rotatable bonds is 4. The summed E-state index contributed by atoms with van der Waals surface area (Å²) in [7, 11) is 0. The lowest BCUT2D eigenvalue weighted by molar-refractivity contribution is 0.119. The first-order valence-corrected chi connectivity index (χ1v) is 11.3. The summed E-state index contributed by atoms with van der Waals surface area (Å²) in [5.74, 6) is 0.0114. The zero-order valence-corrected chi connectivity index (χ0v) is 18.0. The van der Waals surface area contributed by atoms with Gasteiger partial charge >= 0.3 is 0 Å². The maximum atomic E-state index is 14.7. The lowest BCUT2D eigenvalue weighted by Gasteiger charge is -2.45. The first kappa shape index (κ1) is 20.9. The maximum Gasteiger partial charge on any atom is 0.127 e. The summed E-state index contributed by atoms with van der Waals surface area (Å²) in [4.78, 5) is 7.60. The molecule has 3 aromatic carbocycles. The molecule has 0 amide bonds. The highest BCUT2D eigenvalue weighted by atomic mass is 19.1. The van der Waals surface area contributed by atoms with E-state index in [-0.39, 0.29) is 17.6 Å². The fraction of sp³-hybridized carbons (Fsp3) is 0.296. The second-order valence-electron chi connectivity index (χ2n) is 8.79. The summed E-state index contributed by atoms with van der Waals surface area (Å²) >= 11 is 0. The Labute approximate surface area is 188 Å². The van der Waals surface area contributed by atoms with Crippen LogP contribution in [0.2, 0.25) is 0 Å². The smallest absolute Gasteiger partial charge is 0.127 e. The minimum absolute atomic E-state index is 0.191. The Bertz CT molecular complexity index is 1110. The maximum absolute atomic E-state index is 14.7. The van der Waals surface area contributed by atoms with E-state index in [4.69, 9.17) is 4.99 Å². The van der Waals surface area contributed by atoms with Gasteiger partial charge in [0.1, 0.15) is 17.2 Å².